The van der Waals surface area contributed by atoms with Crippen LogP contribution in [-0.4, -0.2) is 206 Å². The van der Waals surface area contributed by atoms with Gasteiger partial charge in [-0.15, -0.1) is 0 Å². The van der Waals surface area contributed by atoms with Gasteiger partial charge in [-0.2, -0.15) is 0 Å². The van der Waals surface area contributed by atoms with Gasteiger partial charge in [-0.3, -0.25) is 0 Å². The van der Waals surface area contributed by atoms with Gasteiger partial charge in [-0.1, -0.05) is 0 Å². The van der Waals surface area contributed by atoms with E-state index in [1.807, 2.05) is 0 Å². The molecule has 1 nitrogen and oxygen atoms in total. The number of rotatable bonds is 0. The van der Waals surface area contributed by atoms with Crippen LogP contribution >= 0.6 is 0 Å². The Balaban J connectivity index is 0. The molecule has 0 fully saturated rings. The van der Waals surface area contributed by atoms with E-state index < -0.39 is 0 Å². The Kier molecular flexibility index (Phi) is 233. The van der Waals surface area contributed by atoms with E-state index in [0.29, 0.717) is 0 Å². The zero-order chi connectivity index (χ0) is 0. The first-order chi connectivity index (χ1) is 0. The van der Waals surface area contributed by atoms with Gasteiger partial charge in [0.2, 0.25) is 0 Å². The van der Waals surface area contributed by atoms with Gasteiger partial charge in [-0.05, 0) is 0 Å². The molecule has 7 heteroatoms. The Morgan fingerprint density at radius 3 is 0.429 bits per heavy atom. The maximum absolute atomic E-state index is 0. The molecule has 0 heterocycles. The fraction of sp³-hybridized carbons (Fsp3) is 0. The van der Waals surface area contributed by atoms with Gasteiger partial charge >= 0.3 is 0 Å². The summed E-state index contributed by atoms with van der Waals surface area (Å²) in [5.41, 5.74) is 0. The first-order valence-electron chi connectivity index (χ1n) is 0. The minimum Gasteiger partial charge on any atom is -0.344 e. The summed E-state index contributed by atoms with van der Waals surface area (Å²) in [7, 11) is 0. The molecule has 0 aliphatic heterocycles. The zero-order valence-electron chi connectivity index (χ0n) is 5.86. The van der Waals surface area contributed by atoms with Gasteiger partial charge in [0, 0.05) is 271 Å². The molecule has 18 valence electrons. The Morgan fingerprint density at radius 2 is 0.429 bits per heavy atom. The van der Waals surface area contributed by atoms with Crippen molar-refractivity contribution >= 4 is 206 Å². The summed E-state index contributed by atoms with van der Waals surface area (Å²) in [5.74, 6) is 0. The van der Waals surface area contributed by atoms with E-state index >= 15 is 0 Å². The van der Waals surface area contributed by atoms with Gasteiger partial charge in [0.1, 0.15) is 0 Å². The first kappa shape index (κ1) is 44.8. The Morgan fingerprint density at radius 1 is 0.429 bits per heavy atom. The third kappa shape index (κ3) is 31.3. The number of hydrogen-bond donors (Lipinski definition) is 1. The predicted molar refractivity (Wildman–Crippen MR) is 28.0 cm³/mol. The molecule has 0 spiro atoms. The minimum atomic E-state index is 0. The summed E-state index contributed by atoms with van der Waals surface area (Å²) in [6.45, 7) is 0. The average Bonchev–Trinajstić information content (AvgIpc) is 0. The van der Waals surface area contributed by atoms with Crippen molar-refractivity contribution in [2.45, 2.75) is 0 Å². The fourth-order valence-corrected chi connectivity index (χ4v) is 0. The van der Waals surface area contributed by atoms with Crippen LogP contribution in [0.25, 0.3) is 0 Å². The van der Waals surface area contributed by atoms with Crippen molar-refractivity contribution in [3.8, 4) is 0 Å². The minimum absolute atomic E-state index is 0. The molecule has 0 aromatic rings. The van der Waals surface area contributed by atoms with Gasteiger partial charge in [0.15, 0.2) is 0 Å². The van der Waals surface area contributed by atoms with Crippen LogP contribution in [0.2, 0.25) is 0 Å². The Bertz CT molecular complexity index is 9.65. The van der Waals surface area contributed by atoms with Crippen LogP contribution in [0, 0.1) is 0 Å². The van der Waals surface area contributed by atoms with Crippen LogP contribution in [0.4, 0.5) is 0 Å². The SMILES string of the molecule is N.[K].[K].[K].[K].[Y].[Y]. The fourth-order valence-electron chi connectivity index (χ4n) is 0. The summed E-state index contributed by atoms with van der Waals surface area (Å²) in [6.07, 6.45) is 0. The van der Waals surface area contributed by atoms with Crippen molar-refractivity contribution < 1.29 is 65.4 Å². The van der Waals surface area contributed by atoms with E-state index in [2.05, 4.69) is 0 Å². The summed E-state index contributed by atoms with van der Waals surface area (Å²) in [4.78, 5) is 0. The van der Waals surface area contributed by atoms with E-state index in [4.69, 9.17) is 0 Å². The third-order valence-corrected chi connectivity index (χ3v) is 0. The Hall–Kier alpha value is 8.71. The molecule has 0 rings (SSSR count). The van der Waals surface area contributed by atoms with Gasteiger partial charge in [0.05, 0.1) is 0 Å². The summed E-state index contributed by atoms with van der Waals surface area (Å²) >= 11 is 0. The quantitative estimate of drug-likeness (QED) is 0.538. The topological polar surface area (TPSA) is 35.0 Å². The van der Waals surface area contributed by atoms with Crippen molar-refractivity contribution in [2.24, 2.45) is 0 Å². The molecule has 0 unspecified atom stereocenters. The normalized spacial score (nSPS) is 0. The average molecular weight is 351 g/mol. The molecule has 0 aliphatic carbocycles. The molecule has 7 heavy (non-hydrogen) atoms. The van der Waals surface area contributed by atoms with E-state index in [9.17, 15) is 0 Å². The molecule has 0 aromatic carbocycles. The summed E-state index contributed by atoms with van der Waals surface area (Å²) in [5, 5.41) is 0. The molecule has 0 saturated heterocycles. The second-order valence-corrected chi connectivity index (χ2v) is 0. The van der Waals surface area contributed by atoms with E-state index in [-0.39, 0.29) is 277 Å². The molecule has 6 radical (unpaired) electrons. The van der Waals surface area contributed by atoms with Crippen LogP contribution in [0.15, 0.2) is 0 Å². The summed E-state index contributed by atoms with van der Waals surface area (Å²) in [6, 6.07) is 0. The standard InChI is InChI=1S/4K.H3N.2Y/h;;;;1H3;;. The molecule has 0 atom stereocenters. The molecule has 0 amide bonds. The Labute approximate surface area is 266 Å². The maximum atomic E-state index is 0. The van der Waals surface area contributed by atoms with Gasteiger partial charge in [-0.25, -0.2) is 0 Å². The molecule has 0 bridgehead atoms. The van der Waals surface area contributed by atoms with Crippen molar-refractivity contribution in [3.63, 3.8) is 0 Å². The van der Waals surface area contributed by atoms with Gasteiger partial charge < -0.3 is 6.15 Å². The molecule has 3 N–H and O–H groups in total. The molecular weight excluding hydrogens is 348 g/mol. The second-order valence-electron chi connectivity index (χ2n) is 0. The predicted octanol–water partition coefficient (Wildman–Crippen LogP) is -1.37. The molecule has 0 saturated carbocycles. The van der Waals surface area contributed by atoms with Crippen molar-refractivity contribution in [1.29, 1.82) is 0 Å². The molecular formula is H3K4NY2. The smallest absolute Gasteiger partial charge is 0 e. The van der Waals surface area contributed by atoms with E-state index in [0.717, 1.165) is 0 Å². The van der Waals surface area contributed by atoms with Crippen LogP contribution in [0.1, 0.15) is 0 Å². The van der Waals surface area contributed by atoms with Gasteiger partial charge in [0.25, 0.3) is 0 Å². The van der Waals surface area contributed by atoms with Crippen LogP contribution in [0.3, 0.4) is 0 Å². The van der Waals surface area contributed by atoms with Crippen molar-refractivity contribution in [2.75, 3.05) is 0 Å². The first-order valence-corrected chi connectivity index (χ1v) is 0. The molecule has 0 aliphatic rings. The van der Waals surface area contributed by atoms with E-state index in [1.165, 1.54) is 0 Å². The second kappa shape index (κ2) is 36.4. The monoisotopic (exact) mass is 351 g/mol. The van der Waals surface area contributed by atoms with Crippen LogP contribution in [-0.2, 0) is 65.4 Å². The van der Waals surface area contributed by atoms with Crippen molar-refractivity contribution in [1.82, 2.24) is 6.15 Å². The molecule has 0 aromatic heterocycles. The van der Waals surface area contributed by atoms with Crippen molar-refractivity contribution in [3.05, 3.63) is 0 Å². The number of hydrogen-bond acceptors (Lipinski definition) is 1. The van der Waals surface area contributed by atoms with Crippen LogP contribution < -0.4 is 6.15 Å². The van der Waals surface area contributed by atoms with E-state index in [1.54, 1.807) is 0 Å². The summed E-state index contributed by atoms with van der Waals surface area (Å²) < 4.78 is 0. The third-order valence-electron chi connectivity index (χ3n) is 0. The zero-order valence-corrected chi connectivity index (χ0v) is 24.0. The van der Waals surface area contributed by atoms with Crippen LogP contribution in [0.5, 0.6) is 0 Å². The maximum Gasteiger partial charge on any atom is 0 e. The largest absolute Gasteiger partial charge is 0.344 e.